The average Bonchev–Trinajstić information content (AvgIpc) is 2.47. The van der Waals surface area contributed by atoms with Gasteiger partial charge in [0.2, 0.25) is 5.79 Å². The molecule has 2 aliphatic heterocycles. The molecule has 0 aromatic heterocycles. The normalized spacial score (nSPS) is 49.8. The molecule has 4 atom stereocenters. The molecule has 0 amide bonds. The van der Waals surface area contributed by atoms with Gasteiger partial charge in [-0.25, -0.2) is 0 Å². The van der Waals surface area contributed by atoms with E-state index in [4.69, 9.17) is 14.2 Å². The largest absolute Gasteiger partial charge is 0.388 e. The second kappa shape index (κ2) is 3.38. The van der Waals surface area contributed by atoms with Gasteiger partial charge in [-0.2, -0.15) is 0 Å². The lowest BCUT2D eigenvalue weighted by molar-refractivity contribution is -0.337. The Bertz CT molecular complexity index is 255. The van der Waals surface area contributed by atoms with E-state index in [2.05, 4.69) is 0 Å². The maximum absolute atomic E-state index is 9.79. The molecule has 3 N–H and O–H groups in total. The maximum Gasteiger partial charge on any atom is 0.224 e. The van der Waals surface area contributed by atoms with Gasteiger partial charge in [-0.1, -0.05) is 0 Å². The summed E-state index contributed by atoms with van der Waals surface area (Å²) in [7, 11) is 0. The quantitative estimate of drug-likeness (QED) is 0.464. The molecule has 0 bridgehead atoms. The van der Waals surface area contributed by atoms with Crippen molar-refractivity contribution in [2.75, 3.05) is 13.2 Å². The van der Waals surface area contributed by atoms with Crippen molar-refractivity contribution in [3.8, 4) is 0 Å². The van der Waals surface area contributed by atoms with Crippen molar-refractivity contribution in [2.45, 2.75) is 43.7 Å². The van der Waals surface area contributed by atoms with Crippen LogP contribution < -0.4 is 0 Å². The Kier molecular flexibility index (Phi) is 2.53. The highest BCUT2D eigenvalue weighted by molar-refractivity contribution is 4.96. The van der Waals surface area contributed by atoms with E-state index in [-0.39, 0.29) is 13.2 Å². The highest BCUT2D eigenvalue weighted by atomic mass is 16.8. The van der Waals surface area contributed by atoms with Gasteiger partial charge < -0.3 is 29.5 Å². The zero-order chi connectivity index (χ0) is 11.3. The molecule has 15 heavy (non-hydrogen) atoms. The first kappa shape index (κ1) is 11.3. The first-order valence-corrected chi connectivity index (χ1v) is 4.89. The smallest absolute Gasteiger partial charge is 0.224 e. The summed E-state index contributed by atoms with van der Waals surface area (Å²) in [4.78, 5) is 0. The first-order chi connectivity index (χ1) is 6.86. The highest BCUT2D eigenvalue weighted by Crippen LogP contribution is 2.38. The van der Waals surface area contributed by atoms with Gasteiger partial charge >= 0.3 is 0 Å². The molecule has 2 fully saturated rings. The van der Waals surface area contributed by atoms with Crippen LogP contribution >= 0.6 is 0 Å². The van der Waals surface area contributed by atoms with Crippen LogP contribution in [-0.2, 0) is 14.2 Å². The van der Waals surface area contributed by atoms with Crippen LogP contribution in [0.15, 0.2) is 0 Å². The second-order valence-electron chi connectivity index (χ2n) is 4.42. The van der Waals surface area contributed by atoms with E-state index in [9.17, 15) is 15.3 Å². The van der Waals surface area contributed by atoms with Gasteiger partial charge in [-0.05, 0) is 13.8 Å². The molecule has 0 unspecified atom stereocenters. The van der Waals surface area contributed by atoms with Crippen molar-refractivity contribution in [3.05, 3.63) is 0 Å². The average molecular weight is 220 g/mol. The molecule has 0 radical (unpaired) electrons. The van der Waals surface area contributed by atoms with Crippen molar-refractivity contribution >= 4 is 0 Å². The molecule has 0 aromatic carbocycles. The molecule has 2 saturated heterocycles. The molecular formula is C9H16O6. The van der Waals surface area contributed by atoms with Gasteiger partial charge in [0.05, 0.1) is 6.61 Å². The fourth-order valence-corrected chi connectivity index (χ4v) is 1.85. The Morgan fingerprint density at radius 2 is 1.80 bits per heavy atom. The minimum absolute atomic E-state index is 0.0327. The van der Waals surface area contributed by atoms with Crippen molar-refractivity contribution in [1.82, 2.24) is 0 Å². The van der Waals surface area contributed by atoms with E-state index in [0.29, 0.717) is 0 Å². The number of aliphatic hydroxyl groups excluding tert-OH is 3. The van der Waals surface area contributed by atoms with Crippen molar-refractivity contribution in [1.29, 1.82) is 0 Å². The predicted molar refractivity (Wildman–Crippen MR) is 47.8 cm³/mol. The van der Waals surface area contributed by atoms with E-state index >= 15 is 0 Å². The lowest BCUT2D eigenvalue weighted by Crippen LogP contribution is -2.62. The Hall–Kier alpha value is -0.240. The van der Waals surface area contributed by atoms with Crippen LogP contribution in [0.4, 0.5) is 0 Å². The van der Waals surface area contributed by atoms with Gasteiger partial charge in [0, 0.05) is 0 Å². The van der Waals surface area contributed by atoms with Crippen LogP contribution in [0.25, 0.3) is 0 Å². The van der Waals surface area contributed by atoms with Crippen molar-refractivity contribution in [2.24, 2.45) is 0 Å². The van der Waals surface area contributed by atoms with E-state index in [0.717, 1.165) is 0 Å². The number of ether oxygens (including phenoxy) is 3. The summed E-state index contributed by atoms with van der Waals surface area (Å²) >= 11 is 0. The summed E-state index contributed by atoms with van der Waals surface area (Å²) in [6.07, 6.45) is -3.70. The van der Waals surface area contributed by atoms with E-state index < -0.39 is 29.9 Å². The Balaban J connectivity index is 2.16. The third-order valence-corrected chi connectivity index (χ3v) is 2.71. The molecule has 6 nitrogen and oxygen atoms in total. The van der Waals surface area contributed by atoms with Crippen LogP contribution in [-0.4, -0.2) is 58.4 Å². The number of rotatable bonds is 0. The van der Waals surface area contributed by atoms with Crippen LogP contribution in [0.1, 0.15) is 13.8 Å². The second-order valence-corrected chi connectivity index (χ2v) is 4.42. The van der Waals surface area contributed by atoms with Crippen LogP contribution in [0.5, 0.6) is 0 Å². The zero-order valence-corrected chi connectivity index (χ0v) is 8.71. The van der Waals surface area contributed by atoms with E-state index in [1.165, 1.54) is 0 Å². The zero-order valence-electron chi connectivity index (χ0n) is 8.71. The highest BCUT2D eigenvalue weighted by Gasteiger charge is 2.57. The van der Waals surface area contributed by atoms with Gasteiger partial charge in [0.15, 0.2) is 5.79 Å². The number of hydrogen-bond acceptors (Lipinski definition) is 6. The third kappa shape index (κ3) is 1.77. The van der Waals surface area contributed by atoms with Gasteiger partial charge in [-0.15, -0.1) is 0 Å². The summed E-state index contributed by atoms with van der Waals surface area (Å²) in [5.74, 6) is -2.22. The van der Waals surface area contributed by atoms with Gasteiger partial charge in [0.25, 0.3) is 0 Å². The summed E-state index contributed by atoms with van der Waals surface area (Å²) < 4.78 is 16.0. The summed E-state index contributed by atoms with van der Waals surface area (Å²) in [5, 5.41) is 28.6. The fraction of sp³-hybridized carbons (Fsp3) is 1.00. The summed E-state index contributed by atoms with van der Waals surface area (Å²) in [5.41, 5.74) is 0. The van der Waals surface area contributed by atoms with Gasteiger partial charge in [0.1, 0.15) is 24.9 Å². The first-order valence-electron chi connectivity index (χ1n) is 4.89. The minimum atomic E-state index is -1.36. The predicted octanol–water partition coefficient (Wildman–Crippen LogP) is -1.42. The monoisotopic (exact) mass is 220 g/mol. The standard InChI is InChI=1S/C9H16O6/c1-8(2)14-4-9(15-8)7(12)6(11)5(10)3-13-9/h5-7,10-12H,3-4H2,1-2H3/t5-,6-,7-,9+/m1/s1. The van der Waals surface area contributed by atoms with Crippen LogP contribution in [0, 0.1) is 0 Å². The maximum atomic E-state index is 9.79. The van der Waals surface area contributed by atoms with Crippen molar-refractivity contribution in [3.63, 3.8) is 0 Å². The van der Waals surface area contributed by atoms with Crippen LogP contribution in [0.3, 0.4) is 0 Å². The Morgan fingerprint density at radius 3 is 2.33 bits per heavy atom. The molecule has 6 heteroatoms. The summed E-state index contributed by atoms with van der Waals surface area (Å²) in [6.45, 7) is 3.33. The molecule has 0 aromatic rings. The van der Waals surface area contributed by atoms with Gasteiger partial charge in [-0.3, -0.25) is 0 Å². The molecule has 0 aliphatic carbocycles. The topological polar surface area (TPSA) is 88.4 Å². The molecule has 2 rings (SSSR count). The molecule has 2 heterocycles. The summed E-state index contributed by atoms with van der Waals surface area (Å²) in [6, 6.07) is 0. The third-order valence-electron chi connectivity index (χ3n) is 2.71. The molecule has 2 aliphatic rings. The molecule has 1 spiro atoms. The van der Waals surface area contributed by atoms with E-state index in [1.807, 2.05) is 0 Å². The SMILES string of the molecule is CC1(C)OC[C@]2(OC[C@@H](O)[C@@H](O)[C@H]2O)O1. The molecule has 88 valence electrons. The van der Waals surface area contributed by atoms with E-state index in [1.54, 1.807) is 13.8 Å². The number of hydrogen-bond donors (Lipinski definition) is 3. The molecule has 0 saturated carbocycles. The lowest BCUT2D eigenvalue weighted by atomic mass is 9.97. The minimum Gasteiger partial charge on any atom is -0.388 e. The fourth-order valence-electron chi connectivity index (χ4n) is 1.85. The van der Waals surface area contributed by atoms with Crippen molar-refractivity contribution < 1.29 is 29.5 Å². The molecular weight excluding hydrogens is 204 g/mol. The van der Waals surface area contributed by atoms with Crippen LogP contribution in [0.2, 0.25) is 0 Å². The lowest BCUT2D eigenvalue weighted by Gasteiger charge is -2.41. The Morgan fingerprint density at radius 1 is 1.13 bits per heavy atom. The Labute approximate surface area is 87.4 Å². The number of aliphatic hydroxyl groups is 3.